The van der Waals surface area contributed by atoms with Crippen molar-refractivity contribution in [3.8, 4) is 0 Å². The summed E-state index contributed by atoms with van der Waals surface area (Å²) in [6.07, 6.45) is 5.41. The van der Waals surface area contributed by atoms with E-state index in [4.69, 9.17) is 11.6 Å². The number of hydrogen-bond donors (Lipinski definition) is 1. The Labute approximate surface area is 148 Å². The summed E-state index contributed by atoms with van der Waals surface area (Å²) in [6.45, 7) is 1.12. The van der Waals surface area contributed by atoms with Crippen molar-refractivity contribution in [3.05, 3.63) is 34.9 Å². The van der Waals surface area contributed by atoms with Crippen LogP contribution in [0.2, 0.25) is 5.02 Å². The minimum atomic E-state index is -3.26. The van der Waals surface area contributed by atoms with Gasteiger partial charge in [0.1, 0.15) is 0 Å². The molecular formula is C17H23ClN2O3S. The van der Waals surface area contributed by atoms with E-state index >= 15 is 0 Å². The zero-order chi connectivity index (χ0) is 17.4. The van der Waals surface area contributed by atoms with Crippen molar-refractivity contribution in [1.82, 2.24) is 9.62 Å². The molecular weight excluding hydrogens is 348 g/mol. The maximum Gasteiger partial charge on any atom is 0.233 e. The van der Waals surface area contributed by atoms with Crippen LogP contribution in [0.25, 0.3) is 0 Å². The summed E-state index contributed by atoms with van der Waals surface area (Å²) in [6, 6.07) is 7.35. The molecule has 0 unspecified atom stereocenters. The van der Waals surface area contributed by atoms with Gasteiger partial charge in [-0.05, 0) is 43.4 Å². The topological polar surface area (TPSA) is 66.5 Å². The molecule has 1 aliphatic heterocycles. The number of piperidine rings is 1. The summed E-state index contributed by atoms with van der Waals surface area (Å²) in [5.41, 5.74) is 0.488. The molecule has 0 aromatic heterocycles. The third-order valence-corrected chi connectivity index (χ3v) is 6.08. The van der Waals surface area contributed by atoms with Gasteiger partial charge in [-0.15, -0.1) is 0 Å². The number of rotatable bonds is 4. The van der Waals surface area contributed by atoms with Crippen LogP contribution >= 0.6 is 11.6 Å². The molecule has 1 aromatic rings. The lowest BCUT2D eigenvalue weighted by Crippen LogP contribution is -2.56. The first-order valence-electron chi connectivity index (χ1n) is 8.33. The minimum Gasteiger partial charge on any atom is -0.340 e. The van der Waals surface area contributed by atoms with Gasteiger partial charge in [0.15, 0.2) is 0 Å². The van der Waals surface area contributed by atoms with E-state index in [2.05, 4.69) is 4.72 Å². The average Bonchev–Trinajstić information content (AvgIpc) is 2.44. The standard InChI is InChI=1S/C17H23ClN2O3S/c1-24(22,23)19-15-7-3-10-20(12-15)16(21)17(8-4-9-17)13-5-2-6-14(18)11-13/h2,5-6,11,15,19H,3-4,7-10,12H2,1H3/t15-/m0/s1. The molecule has 1 aliphatic carbocycles. The number of carbonyl (C=O) groups excluding carboxylic acids is 1. The molecule has 1 saturated heterocycles. The Morgan fingerprint density at radius 3 is 2.67 bits per heavy atom. The van der Waals surface area contributed by atoms with Crippen molar-refractivity contribution in [2.24, 2.45) is 0 Å². The van der Waals surface area contributed by atoms with E-state index in [-0.39, 0.29) is 11.9 Å². The highest BCUT2D eigenvalue weighted by atomic mass is 35.5. The fraction of sp³-hybridized carbons (Fsp3) is 0.588. The predicted octanol–water partition coefficient (Wildman–Crippen LogP) is 2.30. The lowest BCUT2D eigenvalue weighted by molar-refractivity contribution is -0.142. The number of likely N-dealkylation sites (tertiary alicyclic amines) is 1. The molecule has 1 heterocycles. The second-order valence-electron chi connectivity index (χ2n) is 6.93. The molecule has 0 radical (unpaired) electrons. The molecule has 1 N–H and O–H groups in total. The van der Waals surface area contributed by atoms with Crippen molar-refractivity contribution in [1.29, 1.82) is 0 Å². The summed E-state index contributed by atoms with van der Waals surface area (Å²) < 4.78 is 25.6. The first kappa shape index (κ1) is 17.7. The van der Waals surface area contributed by atoms with Gasteiger partial charge in [0.2, 0.25) is 15.9 Å². The largest absolute Gasteiger partial charge is 0.340 e. The molecule has 3 rings (SSSR count). The van der Waals surface area contributed by atoms with Crippen LogP contribution in [-0.2, 0) is 20.2 Å². The van der Waals surface area contributed by atoms with Gasteiger partial charge in [-0.3, -0.25) is 4.79 Å². The lowest BCUT2D eigenvalue weighted by atomic mass is 9.63. The predicted molar refractivity (Wildman–Crippen MR) is 94.6 cm³/mol. The summed E-state index contributed by atoms with van der Waals surface area (Å²) in [5, 5.41) is 0.641. The Bertz CT molecular complexity index is 731. The van der Waals surface area contributed by atoms with Crippen molar-refractivity contribution in [2.45, 2.75) is 43.6 Å². The number of carbonyl (C=O) groups is 1. The number of nitrogens with zero attached hydrogens (tertiary/aromatic N) is 1. The van der Waals surface area contributed by atoms with Gasteiger partial charge in [0.05, 0.1) is 11.7 Å². The third-order valence-electron chi connectivity index (χ3n) is 5.08. The zero-order valence-electron chi connectivity index (χ0n) is 13.8. The highest BCUT2D eigenvalue weighted by Gasteiger charge is 2.48. The number of nitrogens with one attached hydrogen (secondary N) is 1. The highest BCUT2D eigenvalue weighted by Crippen LogP contribution is 2.46. The Morgan fingerprint density at radius 2 is 2.08 bits per heavy atom. The van der Waals surface area contributed by atoms with Gasteiger partial charge in [0, 0.05) is 24.2 Å². The van der Waals surface area contributed by atoms with Crippen LogP contribution in [0.15, 0.2) is 24.3 Å². The second kappa shape index (κ2) is 6.65. The molecule has 1 saturated carbocycles. The van der Waals surface area contributed by atoms with Crippen LogP contribution in [0.4, 0.5) is 0 Å². The van der Waals surface area contributed by atoms with E-state index in [9.17, 15) is 13.2 Å². The van der Waals surface area contributed by atoms with Gasteiger partial charge >= 0.3 is 0 Å². The fourth-order valence-corrected chi connectivity index (χ4v) is 4.79. The maximum absolute atomic E-state index is 13.2. The molecule has 2 aliphatic rings. The smallest absolute Gasteiger partial charge is 0.233 e. The van der Waals surface area contributed by atoms with E-state index in [1.807, 2.05) is 29.2 Å². The van der Waals surface area contributed by atoms with E-state index < -0.39 is 15.4 Å². The molecule has 24 heavy (non-hydrogen) atoms. The normalized spacial score (nSPS) is 23.6. The van der Waals surface area contributed by atoms with E-state index in [1.165, 1.54) is 0 Å². The van der Waals surface area contributed by atoms with Crippen LogP contribution in [0.5, 0.6) is 0 Å². The van der Waals surface area contributed by atoms with Crippen molar-refractivity contribution < 1.29 is 13.2 Å². The Kier molecular flexibility index (Phi) is 4.91. The molecule has 5 nitrogen and oxygen atoms in total. The van der Waals surface area contributed by atoms with Crippen LogP contribution in [0.1, 0.15) is 37.7 Å². The van der Waals surface area contributed by atoms with Gasteiger partial charge in [-0.25, -0.2) is 13.1 Å². The highest BCUT2D eigenvalue weighted by molar-refractivity contribution is 7.88. The zero-order valence-corrected chi connectivity index (χ0v) is 15.4. The molecule has 0 spiro atoms. The Hall–Kier alpha value is -1.11. The Balaban J connectivity index is 1.79. The molecule has 1 aromatic carbocycles. The van der Waals surface area contributed by atoms with Crippen LogP contribution < -0.4 is 4.72 Å². The summed E-state index contributed by atoms with van der Waals surface area (Å²) in [7, 11) is -3.26. The monoisotopic (exact) mass is 370 g/mol. The molecule has 7 heteroatoms. The van der Waals surface area contributed by atoms with Crippen molar-refractivity contribution in [2.75, 3.05) is 19.3 Å². The molecule has 2 fully saturated rings. The summed E-state index contributed by atoms with van der Waals surface area (Å²) in [4.78, 5) is 15.1. The summed E-state index contributed by atoms with van der Waals surface area (Å²) >= 11 is 6.12. The second-order valence-corrected chi connectivity index (χ2v) is 9.14. The van der Waals surface area contributed by atoms with E-state index in [1.54, 1.807) is 0 Å². The molecule has 1 atom stereocenters. The van der Waals surface area contributed by atoms with Crippen LogP contribution in [0, 0.1) is 0 Å². The fourth-order valence-electron chi connectivity index (χ4n) is 3.81. The van der Waals surface area contributed by atoms with Crippen molar-refractivity contribution in [3.63, 3.8) is 0 Å². The number of hydrogen-bond acceptors (Lipinski definition) is 3. The molecule has 0 bridgehead atoms. The minimum absolute atomic E-state index is 0.107. The SMILES string of the molecule is CS(=O)(=O)N[C@H]1CCCN(C(=O)C2(c3cccc(Cl)c3)CCC2)C1. The van der Waals surface area contributed by atoms with Crippen LogP contribution in [-0.4, -0.2) is 44.6 Å². The average molecular weight is 371 g/mol. The summed E-state index contributed by atoms with van der Waals surface area (Å²) in [5.74, 6) is 0.107. The van der Waals surface area contributed by atoms with Gasteiger partial charge in [-0.2, -0.15) is 0 Å². The Morgan fingerprint density at radius 1 is 1.33 bits per heavy atom. The number of amides is 1. The number of benzene rings is 1. The lowest BCUT2D eigenvalue weighted by Gasteiger charge is -2.46. The number of halogens is 1. The number of sulfonamides is 1. The molecule has 132 valence electrons. The van der Waals surface area contributed by atoms with Gasteiger partial charge in [-0.1, -0.05) is 30.2 Å². The maximum atomic E-state index is 13.2. The van der Waals surface area contributed by atoms with E-state index in [0.717, 1.165) is 43.9 Å². The van der Waals surface area contributed by atoms with Crippen molar-refractivity contribution >= 4 is 27.5 Å². The van der Waals surface area contributed by atoms with Crippen LogP contribution in [0.3, 0.4) is 0 Å². The quantitative estimate of drug-likeness (QED) is 0.884. The third kappa shape index (κ3) is 3.60. The first-order chi connectivity index (χ1) is 11.3. The first-order valence-corrected chi connectivity index (χ1v) is 10.6. The molecule has 1 amide bonds. The van der Waals surface area contributed by atoms with Gasteiger partial charge in [0.25, 0.3) is 0 Å². The van der Waals surface area contributed by atoms with E-state index in [0.29, 0.717) is 18.1 Å². The van der Waals surface area contributed by atoms with Gasteiger partial charge < -0.3 is 4.90 Å².